The summed E-state index contributed by atoms with van der Waals surface area (Å²) in [7, 11) is 1.65. The number of methoxy groups -OCH3 is 1. The Bertz CT molecular complexity index is 597. The lowest BCUT2D eigenvalue weighted by molar-refractivity contribution is 0.415. The second-order valence-electron chi connectivity index (χ2n) is 5.03. The van der Waals surface area contributed by atoms with E-state index >= 15 is 0 Å². The van der Waals surface area contributed by atoms with Gasteiger partial charge >= 0.3 is 0 Å². The standard InChI is InChI=1S/C16H19NO2/c1-12(2)10-17-11-14(6-9-16(17)18)13-4-7-15(19-3)8-5-13/h4-9,11-12H,10H2,1-3H3. The lowest BCUT2D eigenvalue weighted by atomic mass is 10.1. The molecule has 0 amide bonds. The molecule has 2 aromatic rings. The van der Waals surface area contributed by atoms with E-state index in [2.05, 4.69) is 13.8 Å². The van der Waals surface area contributed by atoms with Crippen molar-refractivity contribution in [3.8, 4) is 16.9 Å². The summed E-state index contributed by atoms with van der Waals surface area (Å²) in [5, 5.41) is 0. The molecule has 1 aromatic carbocycles. The summed E-state index contributed by atoms with van der Waals surface area (Å²) < 4.78 is 6.91. The Hall–Kier alpha value is -2.03. The molecule has 0 unspecified atom stereocenters. The van der Waals surface area contributed by atoms with Gasteiger partial charge in [0.1, 0.15) is 5.75 Å². The Balaban J connectivity index is 2.36. The van der Waals surface area contributed by atoms with Gasteiger partial charge in [0.15, 0.2) is 0 Å². The van der Waals surface area contributed by atoms with Crippen LogP contribution >= 0.6 is 0 Å². The van der Waals surface area contributed by atoms with E-state index in [9.17, 15) is 4.79 Å². The lowest BCUT2D eigenvalue weighted by Gasteiger charge is -2.11. The van der Waals surface area contributed by atoms with E-state index in [0.717, 1.165) is 23.4 Å². The van der Waals surface area contributed by atoms with Gasteiger partial charge in [-0.2, -0.15) is 0 Å². The Labute approximate surface area is 113 Å². The van der Waals surface area contributed by atoms with Gasteiger partial charge in [-0.25, -0.2) is 0 Å². The topological polar surface area (TPSA) is 31.2 Å². The van der Waals surface area contributed by atoms with Crippen LogP contribution in [0.5, 0.6) is 5.75 Å². The monoisotopic (exact) mass is 257 g/mol. The zero-order chi connectivity index (χ0) is 13.8. The van der Waals surface area contributed by atoms with Gasteiger partial charge in [0.05, 0.1) is 7.11 Å². The van der Waals surface area contributed by atoms with Crippen molar-refractivity contribution >= 4 is 0 Å². The van der Waals surface area contributed by atoms with Gasteiger partial charge in [-0.05, 0) is 35.2 Å². The molecule has 0 atom stereocenters. The van der Waals surface area contributed by atoms with Crippen molar-refractivity contribution in [1.82, 2.24) is 4.57 Å². The first kappa shape index (κ1) is 13.4. The molecule has 19 heavy (non-hydrogen) atoms. The summed E-state index contributed by atoms with van der Waals surface area (Å²) in [6.45, 7) is 4.95. The maximum Gasteiger partial charge on any atom is 0.250 e. The number of benzene rings is 1. The predicted octanol–water partition coefficient (Wildman–Crippen LogP) is 3.18. The van der Waals surface area contributed by atoms with Crippen LogP contribution in [0.25, 0.3) is 11.1 Å². The number of aromatic nitrogens is 1. The number of pyridine rings is 1. The average molecular weight is 257 g/mol. The van der Waals surface area contributed by atoms with E-state index < -0.39 is 0 Å². The summed E-state index contributed by atoms with van der Waals surface area (Å²) >= 11 is 0. The van der Waals surface area contributed by atoms with E-state index in [4.69, 9.17) is 4.74 Å². The number of ether oxygens (including phenoxy) is 1. The van der Waals surface area contributed by atoms with Crippen molar-refractivity contribution in [1.29, 1.82) is 0 Å². The van der Waals surface area contributed by atoms with Crippen LogP contribution in [0.1, 0.15) is 13.8 Å². The number of hydrogen-bond acceptors (Lipinski definition) is 2. The molecule has 0 N–H and O–H groups in total. The second kappa shape index (κ2) is 5.74. The number of hydrogen-bond donors (Lipinski definition) is 0. The third kappa shape index (κ3) is 3.25. The van der Waals surface area contributed by atoms with Crippen LogP contribution in [0.15, 0.2) is 47.4 Å². The number of nitrogens with zero attached hydrogens (tertiary/aromatic N) is 1. The van der Waals surface area contributed by atoms with E-state index in [-0.39, 0.29) is 5.56 Å². The Morgan fingerprint density at radius 1 is 1.05 bits per heavy atom. The Kier molecular flexibility index (Phi) is 4.05. The minimum atomic E-state index is 0.0472. The summed E-state index contributed by atoms with van der Waals surface area (Å²) in [5.74, 6) is 1.28. The van der Waals surface area contributed by atoms with E-state index in [1.807, 2.05) is 36.5 Å². The third-order valence-electron chi connectivity index (χ3n) is 2.97. The molecule has 0 aliphatic carbocycles. The summed E-state index contributed by atoms with van der Waals surface area (Å²) in [6.07, 6.45) is 1.92. The van der Waals surface area contributed by atoms with Crippen LogP contribution < -0.4 is 10.3 Å². The van der Waals surface area contributed by atoms with E-state index in [1.165, 1.54) is 0 Å². The molecule has 1 aromatic heterocycles. The summed E-state index contributed by atoms with van der Waals surface area (Å²) in [5.41, 5.74) is 2.17. The highest BCUT2D eigenvalue weighted by atomic mass is 16.5. The SMILES string of the molecule is COc1ccc(-c2ccc(=O)n(CC(C)C)c2)cc1. The van der Waals surface area contributed by atoms with Crippen molar-refractivity contribution in [3.63, 3.8) is 0 Å². The molecule has 1 heterocycles. The molecule has 0 aliphatic heterocycles. The second-order valence-corrected chi connectivity index (χ2v) is 5.03. The zero-order valence-electron chi connectivity index (χ0n) is 11.6. The van der Waals surface area contributed by atoms with Crippen molar-refractivity contribution < 1.29 is 4.74 Å². The first-order valence-corrected chi connectivity index (χ1v) is 6.45. The first-order chi connectivity index (χ1) is 9.10. The molecule has 0 aliphatic rings. The van der Waals surface area contributed by atoms with Crippen LogP contribution in [-0.2, 0) is 6.54 Å². The zero-order valence-corrected chi connectivity index (χ0v) is 11.6. The van der Waals surface area contributed by atoms with E-state index in [1.54, 1.807) is 17.7 Å². The highest BCUT2D eigenvalue weighted by molar-refractivity contribution is 5.63. The molecule has 0 radical (unpaired) electrons. The fourth-order valence-electron chi connectivity index (χ4n) is 2.02. The van der Waals surface area contributed by atoms with Gasteiger partial charge in [0.25, 0.3) is 5.56 Å². The third-order valence-corrected chi connectivity index (χ3v) is 2.97. The minimum Gasteiger partial charge on any atom is -0.497 e. The number of rotatable bonds is 4. The van der Waals surface area contributed by atoms with Crippen molar-refractivity contribution in [2.45, 2.75) is 20.4 Å². The largest absolute Gasteiger partial charge is 0.497 e. The van der Waals surface area contributed by atoms with Crippen LogP contribution in [0, 0.1) is 5.92 Å². The maximum absolute atomic E-state index is 11.8. The van der Waals surface area contributed by atoms with Gasteiger partial charge in [-0.15, -0.1) is 0 Å². The molecule has 2 rings (SSSR count). The summed E-state index contributed by atoms with van der Waals surface area (Å²) in [4.78, 5) is 11.8. The van der Waals surface area contributed by atoms with Gasteiger partial charge in [0.2, 0.25) is 0 Å². The van der Waals surface area contributed by atoms with Crippen molar-refractivity contribution in [2.24, 2.45) is 5.92 Å². The molecule has 3 heteroatoms. The van der Waals surface area contributed by atoms with Crippen LogP contribution in [-0.4, -0.2) is 11.7 Å². The highest BCUT2D eigenvalue weighted by Crippen LogP contribution is 2.21. The van der Waals surface area contributed by atoms with Gasteiger partial charge < -0.3 is 9.30 Å². The van der Waals surface area contributed by atoms with Crippen LogP contribution in [0.3, 0.4) is 0 Å². The molecule has 0 saturated heterocycles. The maximum atomic E-state index is 11.8. The minimum absolute atomic E-state index is 0.0472. The molecular weight excluding hydrogens is 238 g/mol. The molecule has 3 nitrogen and oxygen atoms in total. The quantitative estimate of drug-likeness (QED) is 0.842. The predicted molar refractivity (Wildman–Crippen MR) is 77.5 cm³/mol. The first-order valence-electron chi connectivity index (χ1n) is 6.45. The van der Waals surface area contributed by atoms with Crippen molar-refractivity contribution in [3.05, 3.63) is 52.9 Å². The molecule has 0 saturated carbocycles. The average Bonchev–Trinajstić information content (AvgIpc) is 2.41. The Morgan fingerprint density at radius 2 is 1.68 bits per heavy atom. The Morgan fingerprint density at radius 3 is 2.26 bits per heavy atom. The normalized spacial score (nSPS) is 10.7. The summed E-state index contributed by atoms with van der Waals surface area (Å²) in [6, 6.07) is 11.3. The fourth-order valence-corrected chi connectivity index (χ4v) is 2.02. The molecule has 100 valence electrons. The smallest absolute Gasteiger partial charge is 0.250 e. The van der Waals surface area contributed by atoms with Gasteiger partial charge in [0, 0.05) is 18.8 Å². The van der Waals surface area contributed by atoms with Crippen LogP contribution in [0.2, 0.25) is 0 Å². The van der Waals surface area contributed by atoms with Gasteiger partial charge in [-0.3, -0.25) is 4.79 Å². The lowest BCUT2D eigenvalue weighted by Crippen LogP contribution is -2.20. The molecule has 0 spiro atoms. The van der Waals surface area contributed by atoms with Gasteiger partial charge in [-0.1, -0.05) is 26.0 Å². The molecule has 0 bridgehead atoms. The molecular formula is C16H19NO2. The molecule has 0 fully saturated rings. The highest BCUT2D eigenvalue weighted by Gasteiger charge is 2.03. The van der Waals surface area contributed by atoms with Crippen molar-refractivity contribution in [2.75, 3.05) is 7.11 Å². The van der Waals surface area contributed by atoms with E-state index in [0.29, 0.717) is 5.92 Å². The van der Waals surface area contributed by atoms with Crippen LogP contribution in [0.4, 0.5) is 0 Å². The fraction of sp³-hybridized carbons (Fsp3) is 0.312.